The second-order valence-electron chi connectivity index (χ2n) is 9.94. The van der Waals surface area contributed by atoms with Crippen molar-refractivity contribution in [2.75, 3.05) is 13.1 Å². The number of hydrogen-bond acceptors (Lipinski definition) is 7. The summed E-state index contributed by atoms with van der Waals surface area (Å²) in [5, 5.41) is 18.0. The van der Waals surface area contributed by atoms with Gasteiger partial charge in [0.1, 0.15) is 17.4 Å². The fourth-order valence-electron chi connectivity index (χ4n) is 4.99. The summed E-state index contributed by atoms with van der Waals surface area (Å²) in [6.07, 6.45) is 5.34. The smallest absolute Gasteiger partial charge is 0.406 e. The van der Waals surface area contributed by atoms with Crippen LogP contribution in [0.2, 0.25) is 10.0 Å². The highest BCUT2D eigenvalue weighted by Gasteiger charge is 2.40. The zero-order valence-corrected chi connectivity index (χ0v) is 22.5. The van der Waals surface area contributed by atoms with Crippen LogP contribution in [0.4, 0.5) is 4.79 Å². The molecule has 4 heterocycles. The number of ether oxygens (including phenoxy) is 1. The number of carbonyl (C=O) groups excluding carboxylic acids is 2. The van der Waals surface area contributed by atoms with Crippen LogP contribution in [0.25, 0.3) is 33.5 Å². The molecule has 6 rings (SSSR count). The van der Waals surface area contributed by atoms with Gasteiger partial charge < -0.3 is 19.9 Å². The number of nitrogens with one attached hydrogen (secondary N) is 2. The van der Waals surface area contributed by atoms with Crippen LogP contribution in [0.15, 0.2) is 24.5 Å². The van der Waals surface area contributed by atoms with Crippen LogP contribution in [0.1, 0.15) is 25.7 Å². The molecule has 0 unspecified atom stereocenters. The van der Waals surface area contributed by atoms with Crippen LogP contribution in [0, 0.1) is 23.2 Å². The molecule has 1 saturated heterocycles. The van der Waals surface area contributed by atoms with E-state index in [-0.39, 0.29) is 23.5 Å². The van der Waals surface area contributed by atoms with Gasteiger partial charge in [0.05, 0.1) is 27.8 Å². The van der Waals surface area contributed by atoms with Crippen LogP contribution < -0.4 is 10.1 Å². The van der Waals surface area contributed by atoms with E-state index >= 15 is 0 Å². The van der Waals surface area contributed by atoms with E-state index in [2.05, 4.69) is 31.4 Å². The minimum absolute atomic E-state index is 0.0296. The molecule has 4 aromatic rings. The number of fused-ring (bicyclic) bond motifs is 2. The van der Waals surface area contributed by atoms with E-state index in [4.69, 9.17) is 33.2 Å². The van der Waals surface area contributed by atoms with Gasteiger partial charge in [0.25, 0.3) is 0 Å². The van der Waals surface area contributed by atoms with Gasteiger partial charge in [-0.15, -0.1) is 0 Å². The maximum Gasteiger partial charge on any atom is 0.413 e. The number of aromatic nitrogens is 5. The Bertz CT molecular complexity index is 1650. The van der Waals surface area contributed by atoms with Crippen molar-refractivity contribution in [1.82, 2.24) is 34.9 Å². The van der Waals surface area contributed by atoms with Gasteiger partial charge in [0, 0.05) is 37.6 Å². The third-order valence-corrected chi connectivity index (χ3v) is 8.03. The summed E-state index contributed by atoms with van der Waals surface area (Å²) in [6.45, 7) is 1.02. The number of nitrogens with zero attached hydrogens (tertiary/aromatic N) is 6. The molecule has 1 saturated carbocycles. The Hall–Kier alpha value is -3.88. The number of nitriles is 1. The molecule has 1 atom stereocenters. The lowest BCUT2D eigenvalue weighted by Gasteiger charge is -2.32. The largest absolute Gasteiger partial charge is 0.413 e. The van der Waals surface area contributed by atoms with Crippen molar-refractivity contribution < 1.29 is 14.3 Å². The lowest BCUT2D eigenvalue weighted by Crippen LogP contribution is -2.52. The monoisotopic (exact) mass is 566 g/mol. The van der Waals surface area contributed by atoms with E-state index < -0.39 is 12.1 Å². The van der Waals surface area contributed by atoms with Crippen LogP contribution in [0.5, 0.6) is 5.75 Å². The molecule has 1 aromatic carbocycles. The predicted octanol–water partition coefficient (Wildman–Crippen LogP) is 4.45. The Morgan fingerprint density at radius 2 is 1.95 bits per heavy atom. The number of halogens is 2. The lowest BCUT2D eigenvalue weighted by molar-refractivity contribution is -0.135. The number of amides is 2. The van der Waals surface area contributed by atoms with E-state index in [1.165, 1.54) is 6.20 Å². The van der Waals surface area contributed by atoms with Crippen LogP contribution in [-0.2, 0) is 11.8 Å². The summed E-state index contributed by atoms with van der Waals surface area (Å²) in [5.41, 5.74) is 2.56. The van der Waals surface area contributed by atoms with Gasteiger partial charge in [-0.1, -0.05) is 23.2 Å². The van der Waals surface area contributed by atoms with Crippen molar-refractivity contribution in [2.24, 2.45) is 18.9 Å². The van der Waals surface area contributed by atoms with Crippen molar-refractivity contribution >= 4 is 57.3 Å². The van der Waals surface area contributed by atoms with E-state index in [0.717, 1.165) is 23.7 Å². The molecule has 2 aliphatic rings. The maximum atomic E-state index is 13.2. The van der Waals surface area contributed by atoms with E-state index in [1.807, 2.05) is 0 Å². The number of likely N-dealkylation sites (tertiary alicyclic amines) is 1. The number of H-pyrrole nitrogens is 1. The van der Waals surface area contributed by atoms with Crippen molar-refractivity contribution in [3.8, 4) is 23.2 Å². The average molecular weight is 567 g/mol. The summed E-state index contributed by atoms with van der Waals surface area (Å²) in [7, 11) is 1.79. The minimum Gasteiger partial charge on any atom is -0.406 e. The maximum absolute atomic E-state index is 13.2. The molecule has 200 valence electrons. The van der Waals surface area contributed by atoms with Gasteiger partial charge in [-0.3, -0.25) is 9.48 Å². The molecule has 3 aromatic heterocycles. The average Bonchev–Trinajstić information content (AvgIpc) is 3.64. The Labute approximate surface area is 233 Å². The Morgan fingerprint density at radius 3 is 2.67 bits per heavy atom. The van der Waals surface area contributed by atoms with Crippen molar-refractivity contribution in [3.63, 3.8) is 0 Å². The van der Waals surface area contributed by atoms with E-state index in [1.54, 1.807) is 35.0 Å². The molecule has 39 heavy (non-hydrogen) atoms. The van der Waals surface area contributed by atoms with E-state index in [0.29, 0.717) is 58.5 Å². The highest BCUT2D eigenvalue weighted by atomic mass is 35.5. The predicted molar refractivity (Wildman–Crippen MR) is 144 cm³/mol. The van der Waals surface area contributed by atoms with Gasteiger partial charge in [0.15, 0.2) is 16.9 Å². The molecule has 2 N–H and O–H groups in total. The molecule has 13 heteroatoms. The Kier molecular flexibility index (Phi) is 6.53. The number of aryl methyl sites for hydroxylation is 1. The molecule has 1 aliphatic carbocycles. The molecule has 11 nitrogen and oxygen atoms in total. The number of hydrogen-bond donors (Lipinski definition) is 2. The van der Waals surface area contributed by atoms with Gasteiger partial charge >= 0.3 is 6.09 Å². The van der Waals surface area contributed by atoms with Crippen molar-refractivity contribution in [3.05, 3.63) is 34.6 Å². The first-order valence-electron chi connectivity index (χ1n) is 12.7. The van der Waals surface area contributed by atoms with Gasteiger partial charge in [0.2, 0.25) is 5.91 Å². The highest BCUT2D eigenvalue weighted by Crippen LogP contribution is 2.35. The van der Waals surface area contributed by atoms with Crippen molar-refractivity contribution in [1.29, 1.82) is 5.26 Å². The van der Waals surface area contributed by atoms with Gasteiger partial charge in [-0.05, 0) is 43.7 Å². The Balaban J connectivity index is 1.22. The molecular weight excluding hydrogens is 543 g/mol. The van der Waals surface area contributed by atoms with Crippen LogP contribution in [-0.4, -0.2) is 60.8 Å². The number of piperidine rings is 1. The zero-order chi connectivity index (χ0) is 27.3. The quantitative estimate of drug-likeness (QED) is 0.363. The first-order chi connectivity index (χ1) is 18.8. The molecule has 0 spiro atoms. The fraction of sp³-hybridized carbons (Fsp3) is 0.385. The van der Waals surface area contributed by atoms with Crippen LogP contribution >= 0.6 is 23.2 Å². The third-order valence-electron chi connectivity index (χ3n) is 7.31. The molecular formula is C26H24Cl2N8O3. The standard InChI is InChI=1S/C26H24Cl2N8O3/c1-35-19-9-17(28)16(27)8-15(19)22(34-35)18-11-30-24-23(32-18)20(12-31-24)39-26(38)33-21(14-2-3-14)25(37)36-6-4-13(10-29)5-7-36/h8-9,11-14,21H,2-7H2,1H3,(H,30,31)(H,33,38)/t21-/m1/s1. The van der Waals surface area contributed by atoms with Crippen molar-refractivity contribution in [2.45, 2.75) is 31.7 Å². The summed E-state index contributed by atoms with van der Waals surface area (Å²) < 4.78 is 7.28. The number of rotatable bonds is 5. The highest BCUT2D eigenvalue weighted by molar-refractivity contribution is 6.42. The third kappa shape index (κ3) is 4.86. The first-order valence-corrected chi connectivity index (χ1v) is 13.4. The minimum atomic E-state index is -0.745. The molecule has 2 amide bonds. The summed E-state index contributed by atoms with van der Waals surface area (Å²) >= 11 is 12.4. The number of benzene rings is 1. The first kappa shape index (κ1) is 25.4. The molecule has 1 aliphatic heterocycles. The number of aromatic amines is 1. The van der Waals surface area contributed by atoms with Gasteiger partial charge in [-0.2, -0.15) is 10.4 Å². The second-order valence-corrected chi connectivity index (χ2v) is 10.8. The van der Waals surface area contributed by atoms with Gasteiger partial charge in [-0.25, -0.2) is 14.8 Å². The lowest BCUT2D eigenvalue weighted by atomic mass is 9.97. The topological polar surface area (TPSA) is 142 Å². The summed E-state index contributed by atoms with van der Waals surface area (Å²) in [4.78, 5) is 39.9. The summed E-state index contributed by atoms with van der Waals surface area (Å²) in [6, 6.07) is 5.07. The van der Waals surface area contributed by atoms with E-state index in [9.17, 15) is 9.59 Å². The zero-order valence-electron chi connectivity index (χ0n) is 20.9. The number of carbonyl (C=O) groups is 2. The Morgan fingerprint density at radius 1 is 1.21 bits per heavy atom. The second kappa shape index (κ2) is 10.0. The fourth-order valence-corrected chi connectivity index (χ4v) is 5.32. The molecule has 2 fully saturated rings. The molecule has 0 radical (unpaired) electrons. The van der Waals surface area contributed by atoms with Crippen LogP contribution in [0.3, 0.4) is 0 Å². The SMILES string of the molecule is Cn1nc(-c2cnc3[nH]cc(OC(=O)N[C@@H](C(=O)N4CCC(C#N)CC4)C4CC4)c3n2)c2cc(Cl)c(Cl)cc21. The summed E-state index contributed by atoms with van der Waals surface area (Å²) in [5.74, 6) is 0.0894. The normalized spacial score (nSPS) is 16.8. The molecule has 0 bridgehead atoms.